The predicted molar refractivity (Wildman–Crippen MR) is 85.4 cm³/mol. The second kappa shape index (κ2) is 6.07. The average molecular weight is 315 g/mol. The van der Waals surface area contributed by atoms with E-state index >= 15 is 0 Å². The van der Waals surface area contributed by atoms with Crippen LogP contribution in [0.15, 0.2) is 36.4 Å². The molecule has 1 aliphatic carbocycles. The van der Waals surface area contributed by atoms with Crippen LogP contribution in [0, 0.1) is 0 Å². The summed E-state index contributed by atoms with van der Waals surface area (Å²) in [4.78, 5) is 26.1. The minimum absolute atomic E-state index is 0.0717. The third-order valence-corrected chi connectivity index (χ3v) is 4.98. The molecule has 0 bridgehead atoms. The molecule has 0 aromatic heterocycles. The maximum absolute atomic E-state index is 13.2. The van der Waals surface area contributed by atoms with E-state index in [0.717, 1.165) is 37.0 Å². The van der Waals surface area contributed by atoms with Gasteiger partial charge in [0.15, 0.2) is 0 Å². The van der Waals surface area contributed by atoms with Gasteiger partial charge in [0.25, 0.3) is 0 Å². The van der Waals surface area contributed by atoms with Crippen molar-refractivity contribution in [3.05, 3.63) is 42.0 Å². The molecular formula is C18H21NO4. The number of ether oxygens (including phenoxy) is 1. The van der Waals surface area contributed by atoms with Crippen LogP contribution in [0.5, 0.6) is 5.75 Å². The smallest absolute Gasteiger partial charge is 0.330 e. The number of aliphatic carboxylic acids is 1. The number of hydrogen-bond donors (Lipinski definition) is 1. The summed E-state index contributed by atoms with van der Waals surface area (Å²) in [5.41, 5.74) is 0.350. The minimum Gasteiger partial charge on any atom is -0.497 e. The molecule has 5 heteroatoms. The van der Waals surface area contributed by atoms with Crippen LogP contribution in [0.1, 0.15) is 31.2 Å². The van der Waals surface area contributed by atoms with Gasteiger partial charge in [-0.05, 0) is 30.5 Å². The first-order valence-electron chi connectivity index (χ1n) is 7.93. The van der Waals surface area contributed by atoms with E-state index in [0.29, 0.717) is 6.54 Å². The zero-order valence-corrected chi connectivity index (χ0v) is 13.2. The molecule has 0 saturated heterocycles. The Bertz CT molecular complexity index is 629. The van der Waals surface area contributed by atoms with Crippen LogP contribution in [-0.2, 0) is 15.0 Å². The number of benzene rings is 1. The van der Waals surface area contributed by atoms with Gasteiger partial charge < -0.3 is 14.7 Å². The number of rotatable bonds is 4. The maximum Gasteiger partial charge on any atom is 0.330 e. The number of carbonyl (C=O) groups is 2. The third kappa shape index (κ3) is 2.60. The fraction of sp³-hybridized carbons (Fsp3) is 0.444. The molecule has 5 nitrogen and oxygen atoms in total. The Balaban J connectivity index is 1.94. The lowest BCUT2D eigenvalue weighted by Crippen LogP contribution is -2.50. The standard InChI is InChI=1S/C18H21NO4/c1-23-14-8-6-13(7-9-14)18(10-2-3-11-18)17(22)19-12-4-5-15(19)16(20)21/h4-9,15H,2-3,10-12H2,1H3,(H,20,21)/t15-/m1/s1. The highest BCUT2D eigenvalue weighted by Crippen LogP contribution is 2.43. The van der Waals surface area contributed by atoms with Crippen LogP contribution in [0.25, 0.3) is 0 Å². The van der Waals surface area contributed by atoms with Gasteiger partial charge in [0.2, 0.25) is 5.91 Å². The first-order chi connectivity index (χ1) is 11.1. The van der Waals surface area contributed by atoms with Crippen LogP contribution >= 0.6 is 0 Å². The Hall–Kier alpha value is -2.30. The molecular weight excluding hydrogens is 294 g/mol. The fourth-order valence-electron chi connectivity index (χ4n) is 3.74. The number of hydrogen-bond acceptors (Lipinski definition) is 3. The quantitative estimate of drug-likeness (QED) is 0.866. The van der Waals surface area contributed by atoms with E-state index < -0.39 is 17.4 Å². The topological polar surface area (TPSA) is 66.8 Å². The van der Waals surface area contributed by atoms with Crippen molar-refractivity contribution >= 4 is 11.9 Å². The van der Waals surface area contributed by atoms with Crippen molar-refractivity contribution in [3.8, 4) is 5.75 Å². The van der Waals surface area contributed by atoms with E-state index in [1.165, 1.54) is 4.90 Å². The van der Waals surface area contributed by atoms with Gasteiger partial charge in [0, 0.05) is 6.54 Å². The second-order valence-corrected chi connectivity index (χ2v) is 6.19. The van der Waals surface area contributed by atoms with Crippen molar-refractivity contribution in [2.24, 2.45) is 0 Å². The van der Waals surface area contributed by atoms with E-state index in [1.54, 1.807) is 19.3 Å². The molecule has 3 rings (SSSR count). The molecule has 1 atom stereocenters. The minimum atomic E-state index is -0.977. The highest BCUT2D eigenvalue weighted by molar-refractivity contribution is 5.93. The van der Waals surface area contributed by atoms with Gasteiger partial charge in [-0.2, -0.15) is 0 Å². The Morgan fingerprint density at radius 3 is 2.43 bits per heavy atom. The van der Waals surface area contributed by atoms with E-state index in [-0.39, 0.29) is 5.91 Å². The van der Waals surface area contributed by atoms with E-state index in [9.17, 15) is 14.7 Å². The number of carbonyl (C=O) groups excluding carboxylic acids is 1. The molecule has 1 aromatic carbocycles. The number of methoxy groups -OCH3 is 1. The molecule has 1 amide bonds. The van der Waals surface area contributed by atoms with Gasteiger partial charge in [-0.15, -0.1) is 0 Å². The summed E-state index contributed by atoms with van der Waals surface area (Å²) in [7, 11) is 1.61. The summed E-state index contributed by atoms with van der Waals surface area (Å²) in [5.74, 6) is -0.298. The Morgan fingerprint density at radius 1 is 1.22 bits per heavy atom. The van der Waals surface area contributed by atoms with Crippen LogP contribution in [-0.4, -0.2) is 41.6 Å². The lowest BCUT2D eigenvalue weighted by molar-refractivity contribution is -0.149. The summed E-state index contributed by atoms with van der Waals surface area (Å²) in [6, 6.07) is 6.74. The SMILES string of the molecule is COc1ccc(C2(C(=O)N3CC=C[C@@H]3C(=O)O)CCCC2)cc1. The molecule has 1 aliphatic heterocycles. The molecule has 2 aliphatic rings. The summed E-state index contributed by atoms with van der Waals surface area (Å²) < 4.78 is 5.19. The average Bonchev–Trinajstić information content (AvgIpc) is 3.24. The van der Waals surface area contributed by atoms with Gasteiger partial charge >= 0.3 is 5.97 Å². The molecule has 0 unspecified atom stereocenters. The van der Waals surface area contributed by atoms with E-state index in [4.69, 9.17) is 4.74 Å². The second-order valence-electron chi connectivity index (χ2n) is 6.19. The van der Waals surface area contributed by atoms with E-state index in [1.807, 2.05) is 24.3 Å². The molecule has 23 heavy (non-hydrogen) atoms. The third-order valence-electron chi connectivity index (χ3n) is 4.98. The van der Waals surface area contributed by atoms with Gasteiger partial charge in [-0.25, -0.2) is 4.79 Å². The van der Waals surface area contributed by atoms with Gasteiger partial charge in [0.1, 0.15) is 11.8 Å². The lowest BCUT2D eigenvalue weighted by atomic mass is 9.77. The van der Waals surface area contributed by atoms with Crippen molar-refractivity contribution < 1.29 is 19.4 Å². The van der Waals surface area contributed by atoms with Crippen molar-refractivity contribution in [1.29, 1.82) is 0 Å². The number of carboxylic acids is 1. The summed E-state index contributed by atoms with van der Waals surface area (Å²) in [5, 5.41) is 9.34. The molecule has 1 aromatic rings. The van der Waals surface area contributed by atoms with Crippen molar-refractivity contribution in [2.45, 2.75) is 37.1 Å². The normalized spacial score (nSPS) is 22.3. The summed E-state index contributed by atoms with van der Waals surface area (Å²) >= 11 is 0. The molecule has 1 N–H and O–H groups in total. The van der Waals surface area contributed by atoms with Gasteiger partial charge in [-0.1, -0.05) is 37.1 Å². The Kier molecular flexibility index (Phi) is 4.11. The maximum atomic E-state index is 13.2. The molecule has 1 saturated carbocycles. The molecule has 1 fully saturated rings. The van der Waals surface area contributed by atoms with Crippen LogP contribution in [0.2, 0.25) is 0 Å². The first-order valence-corrected chi connectivity index (χ1v) is 7.93. The molecule has 1 heterocycles. The van der Waals surface area contributed by atoms with Crippen molar-refractivity contribution in [1.82, 2.24) is 4.90 Å². The van der Waals surface area contributed by atoms with Gasteiger partial charge in [-0.3, -0.25) is 4.79 Å². The highest BCUT2D eigenvalue weighted by atomic mass is 16.5. The van der Waals surface area contributed by atoms with Crippen LogP contribution in [0.4, 0.5) is 0 Å². The van der Waals surface area contributed by atoms with Gasteiger partial charge in [0.05, 0.1) is 12.5 Å². The largest absolute Gasteiger partial charge is 0.497 e. The summed E-state index contributed by atoms with van der Waals surface area (Å²) in [6.07, 6.45) is 6.85. The first kappa shape index (κ1) is 15.6. The lowest BCUT2D eigenvalue weighted by Gasteiger charge is -2.34. The monoisotopic (exact) mass is 315 g/mol. The zero-order valence-electron chi connectivity index (χ0n) is 13.2. The number of amides is 1. The summed E-state index contributed by atoms with van der Waals surface area (Å²) in [6.45, 7) is 0.369. The van der Waals surface area contributed by atoms with E-state index in [2.05, 4.69) is 0 Å². The Morgan fingerprint density at radius 2 is 1.87 bits per heavy atom. The molecule has 122 valence electrons. The fourth-order valence-corrected chi connectivity index (χ4v) is 3.74. The number of carboxylic acid groups (broad SMARTS) is 1. The molecule has 0 spiro atoms. The molecule has 0 radical (unpaired) electrons. The number of nitrogens with zero attached hydrogens (tertiary/aromatic N) is 1. The van der Waals surface area contributed by atoms with Crippen molar-refractivity contribution in [2.75, 3.05) is 13.7 Å². The van der Waals surface area contributed by atoms with Crippen molar-refractivity contribution in [3.63, 3.8) is 0 Å². The van der Waals surface area contributed by atoms with Crippen LogP contribution < -0.4 is 4.74 Å². The zero-order chi connectivity index (χ0) is 16.4. The van der Waals surface area contributed by atoms with Crippen LogP contribution in [0.3, 0.4) is 0 Å². The Labute approximate surface area is 135 Å². The highest BCUT2D eigenvalue weighted by Gasteiger charge is 2.47. The predicted octanol–water partition coefficient (Wildman–Crippen LogP) is 2.36.